The Morgan fingerprint density at radius 1 is 1.28 bits per heavy atom. The highest BCUT2D eigenvalue weighted by molar-refractivity contribution is 6.07. The minimum Gasteiger partial charge on any atom is -0.478 e. The van der Waals surface area contributed by atoms with E-state index in [4.69, 9.17) is 4.74 Å². The maximum Gasteiger partial charge on any atom is 0.338 e. The van der Waals surface area contributed by atoms with Crippen molar-refractivity contribution < 1.29 is 14.6 Å². The summed E-state index contributed by atoms with van der Waals surface area (Å²) >= 11 is 0. The van der Waals surface area contributed by atoms with Crippen LogP contribution in [-0.4, -0.2) is 57.2 Å². The molecule has 2 aromatic heterocycles. The Kier molecular flexibility index (Phi) is 4.17. The Morgan fingerprint density at radius 3 is 2.92 bits per heavy atom. The molecular weight excluding hydrogens is 320 g/mol. The molecule has 0 unspecified atom stereocenters. The number of aromatic carboxylic acids is 1. The third-order valence-electron chi connectivity index (χ3n) is 4.41. The molecule has 1 aliphatic rings. The van der Waals surface area contributed by atoms with Gasteiger partial charge in [-0.05, 0) is 11.6 Å². The molecule has 3 aromatic rings. The van der Waals surface area contributed by atoms with Gasteiger partial charge in [0.25, 0.3) is 0 Å². The van der Waals surface area contributed by atoms with Crippen LogP contribution in [0.1, 0.15) is 15.9 Å². The molecule has 1 aliphatic heterocycles. The second kappa shape index (κ2) is 6.62. The summed E-state index contributed by atoms with van der Waals surface area (Å²) in [6, 6.07) is 8.07. The quantitative estimate of drug-likeness (QED) is 0.757. The van der Waals surface area contributed by atoms with Crippen LogP contribution in [0.25, 0.3) is 22.3 Å². The number of hydrogen-bond acceptors (Lipinski definition) is 5. The highest BCUT2D eigenvalue weighted by Crippen LogP contribution is 2.28. The van der Waals surface area contributed by atoms with E-state index in [1.807, 2.05) is 12.1 Å². The lowest BCUT2D eigenvalue weighted by Crippen LogP contribution is -2.35. The van der Waals surface area contributed by atoms with Crippen molar-refractivity contribution in [3.05, 3.63) is 47.9 Å². The van der Waals surface area contributed by atoms with Gasteiger partial charge in [-0.25, -0.2) is 14.8 Å². The van der Waals surface area contributed by atoms with Gasteiger partial charge >= 0.3 is 5.97 Å². The normalized spacial score (nSPS) is 15.5. The molecule has 7 heteroatoms. The molecule has 25 heavy (non-hydrogen) atoms. The number of rotatable bonds is 4. The lowest BCUT2D eigenvalue weighted by molar-refractivity contribution is 0.0342. The molecule has 128 valence electrons. The number of carboxylic acid groups (broad SMARTS) is 1. The van der Waals surface area contributed by atoms with E-state index in [2.05, 4.69) is 32.0 Å². The van der Waals surface area contributed by atoms with Crippen LogP contribution >= 0.6 is 0 Å². The van der Waals surface area contributed by atoms with Gasteiger partial charge in [0, 0.05) is 31.4 Å². The molecule has 1 aromatic carbocycles. The van der Waals surface area contributed by atoms with E-state index in [0.29, 0.717) is 16.7 Å². The summed E-state index contributed by atoms with van der Waals surface area (Å²) in [4.78, 5) is 25.2. The fourth-order valence-electron chi connectivity index (χ4n) is 3.18. The summed E-state index contributed by atoms with van der Waals surface area (Å²) in [6.45, 7) is 4.20. The summed E-state index contributed by atoms with van der Waals surface area (Å²) in [5, 5.41) is 9.96. The average Bonchev–Trinajstić information content (AvgIpc) is 3.07. The topological polar surface area (TPSA) is 91.3 Å². The SMILES string of the molecule is O=C(O)c1c[nH]c2ncnc(-c3cccc(CN4CCOCC4)c3)c12. The summed E-state index contributed by atoms with van der Waals surface area (Å²) in [5.41, 5.74) is 3.40. The van der Waals surface area contributed by atoms with Crippen molar-refractivity contribution in [3.8, 4) is 11.3 Å². The first-order valence-electron chi connectivity index (χ1n) is 8.17. The number of H-pyrrole nitrogens is 1. The molecule has 0 amide bonds. The number of hydrogen-bond donors (Lipinski definition) is 2. The van der Waals surface area contributed by atoms with Crippen molar-refractivity contribution in [1.29, 1.82) is 0 Å². The smallest absolute Gasteiger partial charge is 0.338 e. The van der Waals surface area contributed by atoms with Gasteiger partial charge in [0.05, 0.1) is 29.9 Å². The number of benzene rings is 1. The van der Waals surface area contributed by atoms with Crippen LogP contribution < -0.4 is 0 Å². The van der Waals surface area contributed by atoms with Crippen LogP contribution in [-0.2, 0) is 11.3 Å². The van der Waals surface area contributed by atoms with Gasteiger partial charge in [-0.3, -0.25) is 4.90 Å². The lowest BCUT2D eigenvalue weighted by atomic mass is 10.0. The van der Waals surface area contributed by atoms with E-state index in [1.54, 1.807) is 0 Å². The molecule has 0 aliphatic carbocycles. The minimum absolute atomic E-state index is 0.184. The first kappa shape index (κ1) is 15.7. The van der Waals surface area contributed by atoms with Crippen LogP contribution in [0.5, 0.6) is 0 Å². The molecule has 0 spiro atoms. The highest BCUT2D eigenvalue weighted by atomic mass is 16.5. The predicted molar refractivity (Wildman–Crippen MR) is 92.4 cm³/mol. The van der Waals surface area contributed by atoms with Crippen LogP contribution in [0.2, 0.25) is 0 Å². The van der Waals surface area contributed by atoms with E-state index in [0.717, 1.165) is 38.4 Å². The Morgan fingerprint density at radius 2 is 2.12 bits per heavy atom. The van der Waals surface area contributed by atoms with Crippen molar-refractivity contribution in [3.63, 3.8) is 0 Å². The van der Waals surface area contributed by atoms with Crippen molar-refractivity contribution in [2.75, 3.05) is 26.3 Å². The molecule has 3 heterocycles. The monoisotopic (exact) mass is 338 g/mol. The summed E-state index contributed by atoms with van der Waals surface area (Å²) < 4.78 is 5.39. The van der Waals surface area contributed by atoms with Gasteiger partial charge in [-0.2, -0.15) is 0 Å². The first-order valence-corrected chi connectivity index (χ1v) is 8.17. The second-order valence-corrected chi connectivity index (χ2v) is 6.04. The maximum absolute atomic E-state index is 11.5. The van der Waals surface area contributed by atoms with E-state index >= 15 is 0 Å². The summed E-state index contributed by atoms with van der Waals surface area (Å²) in [7, 11) is 0. The molecule has 1 saturated heterocycles. The number of fused-ring (bicyclic) bond motifs is 1. The summed E-state index contributed by atoms with van der Waals surface area (Å²) in [5.74, 6) is -0.994. The molecule has 0 saturated carbocycles. The molecule has 2 N–H and O–H groups in total. The number of nitrogens with one attached hydrogen (secondary N) is 1. The molecule has 7 nitrogen and oxygen atoms in total. The zero-order chi connectivity index (χ0) is 17.2. The number of aromatic amines is 1. The molecular formula is C18H18N4O3. The van der Waals surface area contributed by atoms with Crippen molar-refractivity contribution in [1.82, 2.24) is 19.9 Å². The number of nitrogens with zero attached hydrogens (tertiary/aromatic N) is 3. The third-order valence-corrected chi connectivity index (χ3v) is 4.41. The molecule has 0 radical (unpaired) electrons. The first-order chi connectivity index (χ1) is 12.2. The second-order valence-electron chi connectivity index (χ2n) is 6.04. The Labute approximate surface area is 144 Å². The van der Waals surface area contributed by atoms with E-state index in [9.17, 15) is 9.90 Å². The van der Waals surface area contributed by atoms with Crippen molar-refractivity contribution >= 4 is 17.0 Å². The fourth-order valence-corrected chi connectivity index (χ4v) is 3.18. The third kappa shape index (κ3) is 3.11. The molecule has 4 rings (SSSR count). The lowest BCUT2D eigenvalue weighted by Gasteiger charge is -2.26. The fraction of sp³-hybridized carbons (Fsp3) is 0.278. The maximum atomic E-state index is 11.5. The van der Waals surface area contributed by atoms with Gasteiger partial charge < -0.3 is 14.8 Å². The minimum atomic E-state index is -0.994. The van der Waals surface area contributed by atoms with Gasteiger partial charge in [0.15, 0.2) is 0 Å². The molecule has 0 bridgehead atoms. The number of aromatic nitrogens is 3. The average molecular weight is 338 g/mol. The van der Waals surface area contributed by atoms with E-state index in [1.165, 1.54) is 18.1 Å². The van der Waals surface area contributed by atoms with Crippen LogP contribution in [0.4, 0.5) is 0 Å². The van der Waals surface area contributed by atoms with Gasteiger partial charge in [0.1, 0.15) is 12.0 Å². The number of carboxylic acids is 1. The standard InChI is InChI=1S/C18H18N4O3/c23-18(24)14-9-19-17-15(14)16(20-11-21-17)13-3-1-2-12(8-13)10-22-4-6-25-7-5-22/h1-3,8-9,11H,4-7,10H2,(H,23,24)(H,19,20,21). The van der Waals surface area contributed by atoms with Crippen LogP contribution in [0.15, 0.2) is 36.8 Å². The number of ether oxygens (including phenoxy) is 1. The molecule has 1 fully saturated rings. The molecule has 0 atom stereocenters. The Balaban J connectivity index is 1.72. The van der Waals surface area contributed by atoms with Gasteiger partial charge in [0.2, 0.25) is 0 Å². The Bertz CT molecular complexity index is 916. The van der Waals surface area contributed by atoms with Crippen molar-refractivity contribution in [2.24, 2.45) is 0 Å². The van der Waals surface area contributed by atoms with E-state index < -0.39 is 5.97 Å². The zero-order valence-corrected chi connectivity index (χ0v) is 13.6. The van der Waals surface area contributed by atoms with Gasteiger partial charge in [-0.15, -0.1) is 0 Å². The largest absolute Gasteiger partial charge is 0.478 e. The van der Waals surface area contributed by atoms with Crippen LogP contribution in [0, 0.1) is 0 Å². The number of morpholine rings is 1. The van der Waals surface area contributed by atoms with E-state index in [-0.39, 0.29) is 5.56 Å². The zero-order valence-electron chi connectivity index (χ0n) is 13.6. The van der Waals surface area contributed by atoms with Gasteiger partial charge in [-0.1, -0.05) is 18.2 Å². The van der Waals surface area contributed by atoms with Crippen LogP contribution in [0.3, 0.4) is 0 Å². The van der Waals surface area contributed by atoms with Crippen molar-refractivity contribution in [2.45, 2.75) is 6.54 Å². The summed E-state index contributed by atoms with van der Waals surface area (Å²) in [6.07, 6.45) is 2.91. The number of carbonyl (C=O) groups is 1. The Hall–Kier alpha value is -2.77. The highest BCUT2D eigenvalue weighted by Gasteiger charge is 2.18. The predicted octanol–water partition coefficient (Wildman–Crippen LogP) is 2.16.